The third-order valence-electron chi connectivity index (χ3n) is 2.17. The molecule has 0 spiro atoms. The van der Waals surface area contributed by atoms with E-state index in [1.807, 2.05) is 0 Å². The molecule has 0 bridgehead atoms. The molecule has 0 saturated heterocycles. The highest BCUT2D eigenvalue weighted by molar-refractivity contribution is 7.09. The maximum absolute atomic E-state index is 7.79. The molecule has 1 aromatic rings. The molecule has 0 aliphatic heterocycles. The van der Waals surface area contributed by atoms with Crippen LogP contribution in [0.3, 0.4) is 0 Å². The van der Waals surface area contributed by atoms with E-state index in [0.717, 1.165) is 6.54 Å². The number of thiazole rings is 1. The third kappa shape index (κ3) is 1.85. The van der Waals surface area contributed by atoms with Crippen molar-refractivity contribution in [1.82, 2.24) is 4.57 Å². The molecule has 0 aromatic carbocycles. The van der Waals surface area contributed by atoms with E-state index in [0.29, 0.717) is 4.80 Å². The van der Waals surface area contributed by atoms with E-state index < -0.39 is 0 Å². The first-order valence-electron chi connectivity index (χ1n) is 4.63. The summed E-state index contributed by atoms with van der Waals surface area (Å²) in [4.78, 5) is 2.00. The minimum atomic E-state index is 0.172. The van der Waals surface area contributed by atoms with Crippen LogP contribution in [0.15, 0.2) is 0 Å². The van der Waals surface area contributed by atoms with Gasteiger partial charge in [-0.15, -0.1) is 11.3 Å². The topological polar surface area (TPSA) is 28.8 Å². The summed E-state index contributed by atoms with van der Waals surface area (Å²) in [5.74, 6) is 0. The molecule has 1 aromatic heterocycles. The van der Waals surface area contributed by atoms with E-state index >= 15 is 0 Å². The first-order chi connectivity index (χ1) is 5.88. The molecule has 0 fully saturated rings. The molecule has 0 aliphatic carbocycles. The van der Waals surface area contributed by atoms with Crippen molar-refractivity contribution in [3.63, 3.8) is 0 Å². The summed E-state index contributed by atoms with van der Waals surface area (Å²) < 4.78 is 2.06. The number of rotatable bonds is 1. The van der Waals surface area contributed by atoms with Gasteiger partial charge >= 0.3 is 0 Å². The summed E-state index contributed by atoms with van der Waals surface area (Å²) in [7, 11) is 0. The van der Waals surface area contributed by atoms with Crippen molar-refractivity contribution < 1.29 is 0 Å². The van der Waals surface area contributed by atoms with Crippen molar-refractivity contribution in [1.29, 1.82) is 5.41 Å². The second kappa shape index (κ2) is 3.29. The summed E-state index contributed by atoms with van der Waals surface area (Å²) in [5.41, 5.74) is 1.43. The Kier molecular flexibility index (Phi) is 2.66. The normalized spacial score (nSPS) is 12.1. The maximum atomic E-state index is 7.79. The summed E-state index contributed by atoms with van der Waals surface area (Å²) in [6, 6.07) is 0. The van der Waals surface area contributed by atoms with E-state index in [-0.39, 0.29) is 5.41 Å². The fourth-order valence-electron chi connectivity index (χ4n) is 1.58. The average molecular weight is 198 g/mol. The molecular weight excluding hydrogens is 180 g/mol. The van der Waals surface area contributed by atoms with Crippen LogP contribution in [0.1, 0.15) is 38.3 Å². The molecule has 0 radical (unpaired) electrons. The van der Waals surface area contributed by atoms with Gasteiger partial charge in [-0.1, -0.05) is 20.8 Å². The van der Waals surface area contributed by atoms with Crippen molar-refractivity contribution in [3.05, 3.63) is 15.4 Å². The molecule has 0 aliphatic rings. The average Bonchev–Trinajstić information content (AvgIpc) is 2.25. The van der Waals surface area contributed by atoms with Gasteiger partial charge in [-0.25, -0.2) is 0 Å². The zero-order valence-corrected chi connectivity index (χ0v) is 9.88. The van der Waals surface area contributed by atoms with Crippen LogP contribution in [0.25, 0.3) is 0 Å². The molecule has 13 heavy (non-hydrogen) atoms. The zero-order valence-electron chi connectivity index (χ0n) is 9.06. The van der Waals surface area contributed by atoms with Crippen LogP contribution in [0.2, 0.25) is 0 Å². The van der Waals surface area contributed by atoms with Crippen LogP contribution in [0.5, 0.6) is 0 Å². The Hall–Kier alpha value is -0.570. The first-order valence-corrected chi connectivity index (χ1v) is 5.45. The maximum Gasteiger partial charge on any atom is 0.182 e. The van der Waals surface area contributed by atoms with Crippen LogP contribution in [-0.4, -0.2) is 4.57 Å². The van der Waals surface area contributed by atoms with Gasteiger partial charge in [-0.3, -0.25) is 5.41 Å². The molecule has 0 unspecified atom stereocenters. The molecule has 1 N–H and O–H groups in total. The SMILES string of the molecule is CCn1c(C)c(C(C)(C)C)sc1=N. The summed E-state index contributed by atoms with van der Waals surface area (Å²) >= 11 is 1.60. The first kappa shape index (κ1) is 10.5. The molecule has 1 heterocycles. The van der Waals surface area contributed by atoms with E-state index in [9.17, 15) is 0 Å². The van der Waals surface area contributed by atoms with Gasteiger partial charge in [-0.05, 0) is 19.3 Å². The van der Waals surface area contributed by atoms with Crippen molar-refractivity contribution in [3.8, 4) is 0 Å². The summed E-state index contributed by atoms with van der Waals surface area (Å²) in [6.45, 7) is 11.7. The lowest BCUT2D eigenvalue weighted by molar-refractivity contribution is 0.586. The van der Waals surface area contributed by atoms with Crippen LogP contribution in [0, 0.1) is 12.3 Å². The Morgan fingerprint density at radius 1 is 1.38 bits per heavy atom. The molecule has 3 heteroatoms. The monoisotopic (exact) mass is 198 g/mol. The fourth-order valence-corrected chi connectivity index (χ4v) is 2.71. The van der Waals surface area contributed by atoms with Gasteiger partial charge in [-0.2, -0.15) is 0 Å². The lowest BCUT2D eigenvalue weighted by Gasteiger charge is -2.17. The lowest BCUT2D eigenvalue weighted by atomic mass is 9.93. The number of nitrogens with zero attached hydrogens (tertiary/aromatic N) is 1. The smallest absolute Gasteiger partial charge is 0.182 e. The molecular formula is C10H18N2S. The summed E-state index contributed by atoms with van der Waals surface area (Å²) in [6.07, 6.45) is 0. The highest BCUT2D eigenvalue weighted by Crippen LogP contribution is 2.27. The molecule has 0 atom stereocenters. The largest absolute Gasteiger partial charge is 0.322 e. The van der Waals surface area contributed by atoms with Crippen LogP contribution >= 0.6 is 11.3 Å². The zero-order chi connectivity index (χ0) is 10.2. The minimum absolute atomic E-state index is 0.172. The van der Waals surface area contributed by atoms with E-state index in [4.69, 9.17) is 5.41 Å². The van der Waals surface area contributed by atoms with Gasteiger partial charge < -0.3 is 4.57 Å². The molecule has 74 valence electrons. The van der Waals surface area contributed by atoms with Gasteiger partial charge in [0.1, 0.15) is 0 Å². The number of hydrogen-bond donors (Lipinski definition) is 1. The molecule has 0 saturated carbocycles. The van der Waals surface area contributed by atoms with Gasteiger partial charge in [0.05, 0.1) is 0 Å². The highest BCUT2D eigenvalue weighted by Gasteiger charge is 2.20. The van der Waals surface area contributed by atoms with Gasteiger partial charge in [0.25, 0.3) is 0 Å². The van der Waals surface area contributed by atoms with Gasteiger partial charge in [0.15, 0.2) is 4.80 Å². The highest BCUT2D eigenvalue weighted by atomic mass is 32.1. The van der Waals surface area contributed by atoms with Crippen LogP contribution in [-0.2, 0) is 12.0 Å². The Labute approximate surface area is 83.7 Å². The number of nitrogens with one attached hydrogen (secondary N) is 1. The Bertz CT molecular complexity index is 352. The fraction of sp³-hybridized carbons (Fsp3) is 0.700. The quantitative estimate of drug-likeness (QED) is 0.719. The van der Waals surface area contributed by atoms with Crippen molar-refractivity contribution in [2.24, 2.45) is 0 Å². The second-order valence-electron chi connectivity index (χ2n) is 4.32. The van der Waals surface area contributed by atoms with E-state index in [2.05, 4.69) is 39.2 Å². The Morgan fingerprint density at radius 3 is 2.15 bits per heavy atom. The van der Waals surface area contributed by atoms with E-state index in [1.165, 1.54) is 10.6 Å². The standard InChI is InChI=1S/C10H18N2S/c1-6-12-7(2)8(10(3,4)5)13-9(12)11/h11H,6H2,1-5H3. The van der Waals surface area contributed by atoms with Crippen molar-refractivity contribution in [2.75, 3.05) is 0 Å². The summed E-state index contributed by atoms with van der Waals surface area (Å²) in [5, 5.41) is 7.79. The Morgan fingerprint density at radius 2 is 1.92 bits per heavy atom. The Balaban J connectivity index is 3.35. The van der Waals surface area contributed by atoms with Crippen molar-refractivity contribution in [2.45, 2.75) is 46.6 Å². The molecule has 2 nitrogen and oxygen atoms in total. The molecule has 1 rings (SSSR count). The predicted octanol–water partition coefficient (Wildman–Crippen LogP) is 2.65. The predicted molar refractivity (Wildman–Crippen MR) is 57.3 cm³/mol. The van der Waals surface area contributed by atoms with E-state index in [1.54, 1.807) is 11.3 Å². The van der Waals surface area contributed by atoms with Gasteiger partial charge in [0.2, 0.25) is 0 Å². The number of aromatic nitrogens is 1. The van der Waals surface area contributed by atoms with Crippen LogP contribution in [0.4, 0.5) is 0 Å². The van der Waals surface area contributed by atoms with Crippen LogP contribution < -0.4 is 4.80 Å². The van der Waals surface area contributed by atoms with Crippen molar-refractivity contribution >= 4 is 11.3 Å². The minimum Gasteiger partial charge on any atom is -0.322 e. The second-order valence-corrected chi connectivity index (χ2v) is 5.32. The lowest BCUT2D eigenvalue weighted by Crippen LogP contribution is -2.14. The third-order valence-corrected chi connectivity index (χ3v) is 3.70. The number of hydrogen-bond acceptors (Lipinski definition) is 2. The molecule has 0 amide bonds. The van der Waals surface area contributed by atoms with Gasteiger partial charge in [0, 0.05) is 17.1 Å².